The Hall–Kier alpha value is -1.50. The van der Waals surface area contributed by atoms with Gasteiger partial charge in [-0.3, -0.25) is 4.79 Å². The molecule has 0 radical (unpaired) electrons. The highest BCUT2D eigenvalue weighted by Gasteiger charge is 2.21. The molecule has 2 rings (SSSR count). The molecule has 1 heterocycles. The zero-order chi connectivity index (χ0) is 17.0. The van der Waals surface area contributed by atoms with Gasteiger partial charge in [0.15, 0.2) is 0 Å². The Morgan fingerprint density at radius 2 is 2.17 bits per heavy atom. The number of aliphatic hydroxyl groups is 1. The standard InChI is InChI=1S/C17H22FNO3S/c1-10(7-11(2)20)8-19-17(21)16-12(9-22-3)15-13(18)5-4-6-14(15)23-16/h4-6,10-11,20H,7-9H2,1-3H3,(H,19,21)/t10-,11+/m1/s1. The van der Waals surface area contributed by atoms with E-state index in [9.17, 15) is 14.3 Å². The van der Waals surface area contributed by atoms with Crippen LogP contribution in [0.25, 0.3) is 10.1 Å². The van der Waals surface area contributed by atoms with E-state index in [1.54, 1.807) is 19.1 Å². The number of thiophene rings is 1. The van der Waals surface area contributed by atoms with Gasteiger partial charge in [0.05, 0.1) is 17.6 Å². The number of carbonyl (C=O) groups is 1. The van der Waals surface area contributed by atoms with Crippen LogP contribution in [0.2, 0.25) is 0 Å². The van der Waals surface area contributed by atoms with Gasteiger partial charge in [0.25, 0.3) is 5.91 Å². The predicted octanol–water partition coefficient (Wildman–Crippen LogP) is 3.32. The normalized spacial score (nSPS) is 14.0. The zero-order valence-corrected chi connectivity index (χ0v) is 14.4. The molecule has 0 saturated carbocycles. The van der Waals surface area contributed by atoms with Gasteiger partial charge in [-0.25, -0.2) is 4.39 Å². The maximum Gasteiger partial charge on any atom is 0.261 e. The molecule has 0 aliphatic rings. The molecular weight excluding hydrogens is 317 g/mol. The number of aliphatic hydroxyl groups excluding tert-OH is 1. The molecule has 0 fully saturated rings. The molecule has 1 aromatic carbocycles. The van der Waals surface area contributed by atoms with Crippen molar-refractivity contribution in [1.82, 2.24) is 5.32 Å². The summed E-state index contributed by atoms with van der Waals surface area (Å²) < 4.78 is 20.0. The van der Waals surface area contributed by atoms with Crippen LogP contribution in [-0.2, 0) is 11.3 Å². The Kier molecular flexibility index (Phi) is 6.10. The Morgan fingerprint density at radius 1 is 1.43 bits per heavy atom. The predicted molar refractivity (Wildman–Crippen MR) is 90.3 cm³/mol. The van der Waals surface area contributed by atoms with Gasteiger partial charge in [-0.15, -0.1) is 11.3 Å². The summed E-state index contributed by atoms with van der Waals surface area (Å²) in [5.41, 5.74) is 0.589. The molecule has 0 aliphatic heterocycles. The first-order valence-electron chi connectivity index (χ1n) is 7.59. The molecular formula is C17H22FNO3S. The first kappa shape index (κ1) is 17.8. The van der Waals surface area contributed by atoms with Crippen LogP contribution >= 0.6 is 11.3 Å². The van der Waals surface area contributed by atoms with Crippen LogP contribution in [0, 0.1) is 11.7 Å². The van der Waals surface area contributed by atoms with E-state index in [-0.39, 0.29) is 24.2 Å². The molecule has 6 heteroatoms. The zero-order valence-electron chi connectivity index (χ0n) is 13.6. The first-order valence-corrected chi connectivity index (χ1v) is 8.40. The van der Waals surface area contributed by atoms with Crippen LogP contribution in [0.1, 0.15) is 35.5 Å². The number of methoxy groups -OCH3 is 1. The van der Waals surface area contributed by atoms with E-state index in [1.165, 1.54) is 24.5 Å². The third-order valence-electron chi connectivity index (χ3n) is 3.61. The summed E-state index contributed by atoms with van der Waals surface area (Å²) in [5.74, 6) is -0.404. The number of benzene rings is 1. The Morgan fingerprint density at radius 3 is 2.83 bits per heavy atom. The molecule has 1 aromatic heterocycles. The number of carbonyl (C=O) groups excluding carboxylic acids is 1. The highest BCUT2D eigenvalue weighted by Crippen LogP contribution is 2.33. The number of hydrogen-bond donors (Lipinski definition) is 2. The fraction of sp³-hybridized carbons (Fsp3) is 0.471. The third kappa shape index (κ3) is 4.28. The SMILES string of the molecule is COCc1c(C(=O)NC[C@H](C)C[C@H](C)O)sc2cccc(F)c12. The molecule has 4 nitrogen and oxygen atoms in total. The highest BCUT2D eigenvalue weighted by molar-refractivity contribution is 7.21. The van der Waals surface area contributed by atoms with E-state index >= 15 is 0 Å². The van der Waals surface area contributed by atoms with Gasteiger partial charge < -0.3 is 15.2 Å². The second-order valence-electron chi connectivity index (χ2n) is 5.86. The molecule has 23 heavy (non-hydrogen) atoms. The summed E-state index contributed by atoms with van der Waals surface area (Å²) in [4.78, 5) is 13.0. The second kappa shape index (κ2) is 7.86. The minimum atomic E-state index is -0.399. The Labute approximate surface area is 139 Å². The van der Waals surface area contributed by atoms with Crippen LogP contribution in [0.15, 0.2) is 18.2 Å². The highest BCUT2D eigenvalue weighted by atomic mass is 32.1. The lowest BCUT2D eigenvalue weighted by Gasteiger charge is -2.14. The van der Waals surface area contributed by atoms with Gasteiger partial charge in [0.2, 0.25) is 0 Å². The van der Waals surface area contributed by atoms with E-state index in [0.717, 1.165) is 4.70 Å². The van der Waals surface area contributed by atoms with Gasteiger partial charge in [-0.2, -0.15) is 0 Å². The van der Waals surface area contributed by atoms with Crippen molar-refractivity contribution in [2.24, 2.45) is 5.92 Å². The molecule has 0 aliphatic carbocycles. The molecule has 2 aromatic rings. The van der Waals surface area contributed by atoms with E-state index in [0.29, 0.717) is 28.8 Å². The summed E-state index contributed by atoms with van der Waals surface area (Å²) in [6.07, 6.45) is 0.219. The second-order valence-corrected chi connectivity index (χ2v) is 6.91. The fourth-order valence-electron chi connectivity index (χ4n) is 2.65. The number of rotatable bonds is 7. The third-order valence-corrected chi connectivity index (χ3v) is 4.81. The number of hydrogen-bond acceptors (Lipinski definition) is 4. The van der Waals surface area contributed by atoms with Crippen molar-refractivity contribution in [2.45, 2.75) is 33.0 Å². The van der Waals surface area contributed by atoms with Crippen molar-refractivity contribution >= 4 is 27.3 Å². The molecule has 0 spiro atoms. The van der Waals surface area contributed by atoms with Crippen LogP contribution < -0.4 is 5.32 Å². The molecule has 0 saturated heterocycles. The summed E-state index contributed by atoms with van der Waals surface area (Å²) in [6.45, 7) is 4.34. The average Bonchev–Trinajstić information content (AvgIpc) is 2.85. The summed E-state index contributed by atoms with van der Waals surface area (Å²) in [7, 11) is 1.52. The number of amides is 1. The van der Waals surface area contributed by atoms with Gasteiger partial charge in [0.1, 0.15) is 5.82 Å². The van der Waals surface area contributed by atoms with Crippen molar-refractivity contribution < 1.29 is 19.0 Å². The molecule has 2 atom stereocenters. The van der Waals surface area contributed by atoms with E-state index in [4.69, 9.17) is 4.74 Å². The summed E-state index contributed by atoms with van der Waals surface area (Å²) >= 11 is 1.27. The van der Waals surface area contributed by atoms with Crippen LogP contribution in [0.5, 0.6) is 0 Å². The number of halogens is 1. The molecule has 1 amide bonds. The van der Waals surface area contributed by atoms with Gasteiger partial charge in [-0.05, 0) is 31.4 Å². The van der Waals surface area contributed by atoms with Crippen molar-refractivity contribution in [3.63, 3.8) is 0 Å². The van der Waals surface area contributed by atoms with Crippen LogP contribution in [-0.4, -0.2) is 30.8 Å². The smallest absolute Gasteiger partial charge is 0.261 e. The van der Waals surface area contributed by atoms with Crippen molar-refractivity contribution in [3.8, 4) is 0 Å². The van der Waals surface area contributed by atoms with Crippen molar-refractivity contribution in [3.05, 3.63) is 34.5 Å². The lowest BCUT2D eigenvalue weighted by atomic mass is 10.0. The molecule has 0 unspecified atom stereocenters. The molecule has 2 N–H and O–H groups in total. The topological polar surface area (TPSA) is 58.6 Å². The van der Waals surface area contributed by atoms with E-state index < -0.39 is 6.10 Å². The lowest BCUT2D eigenvalue weighted by Crippen LogP contribution is -2.29. The van der Waals surface area contributed by atoms with Crippen LogP contribution in [0.4, 0.5) is 4.39 Å². The van der Waals surface area contributed by atoms with Crippen LogP contribution in [0.3, 0.4) is 0 Å². The minimum absolute atomic E-state index is 0.163. The first-order chi connectivity index (χ1) is 10.9. The van der Waals surface area contributed by atoms with Crippen molar-refractivity contribution in [2.75, 3.05) is 13.7 Å². The monoisotopic (exact) mass is 339 g/mol. The maximum absolute atomic E-state index is 14.1. The average molecular weight is 339 g/mol. The Balaban J connectivity index is 2.23. The Bertz CT molecular complexity index is 684. The lowest BCUT2D eigenvalue weighted by molar-refractivity contribution is 0.0939. The largest absolute Gasteiger partial charge is 0.393 e. The van der Waals surface area contributed by atoms with Crippen molar-refractivity contribution in [1.29, 1.82) is 0 Å². The van der Waals surface area contributed by atoms with E-state index in [2.05, 4.69) is 5.32 Å². The quantitative estimate of drug-likeness (QED) is 0.813. The molecule has 126 valence electrons. The van der Waals surface area contributed by atoms with Gasteiger partial charge in [-0.1, -0.05) is 13.0 Å². The minimum Gasteiger partial charge on any atom is -0.393 e. The van der Waals surface area contributed by atoms with E-state index in [1.807, 2.05) is 6.92 Å². The summed E-state index contributed by atoms with van der Waals surface area (Å²) in [6, 6.07) is 4.83. The van der Waals surface area contributed by atoms with Gasteiger partial charge in [0, 0.05) is 29.3 Å². The number of nitrogens with one attached hydrogen (secondary N) is 1. The summed E-state index contributed by atoms with van der Waals surface area (Å²) in [5, 5.41) is 12.7. The number of ether oxygens (including phenoxy) is 1. The van der Waals surface area contributed by atoms with Gasteiger partial charge >= 0.3 is 0 Å². The molecule has 0 bridgehead atoms. The number of fused-ring (bicyclic) bond motifs is 1. The fourth-order valence-corrected chi connectivity index (χ4v) is 3.78. The maximum atomic E-state index is 14.1.